The first-order valence-corrected chi connectivity index (χ1v) is 9.09. The zero-order valence-electron chi connectivity index (χ0n) is 15.6. The third-order valence-electron chi connectivity index (χ3n) is 4.16. The highest BCUT2D eigenvalue weighted by Gasteiger charge is 2.31. The Morgan fingerprint density at radius 3 is 2.52 bits per heavy atom. The Morgan fingerprint density at radius 1 is 1.28 bits per heavy atom. The molecule has 0 fully saturated rings. The molecule has 1 aromatic carbocycles. The topological polar surface area (TPSA) is 59.0 Å². The van der Waals surface area contributed by atoms with E-state index in [4.69, 9.17) is 11.6 Å². The van der Waals surface area contributed by atoms with Crippen LogP contribution in [0.25, 0.3) is 0 Å². The molecule has 1 amide bonds. The summed E-state index contributed by atoms with van der Waals surface area (Å²) < 4.78 is 64.6. The van der Waals surface area contributed by atoms with Crippen LogP contribution in [0.15, 0.2) is 30.6 Å². The summed E-state index contributed by atoms with van der Waals surface area (Å²) in [5.41, 5.74) is -0.713. The van der Waals surface area contributed by atoms with Crippen molar-refractivity contribution in [3.05, 3.63) is 47.0 Å². The number of nitrogens with zero attached hydrogens (tertiary/aromatic N) is 2. The molecule has 0 saturated carbocycles. The number of benzene rings is 1. The van der Waals surface area contributed by atoms with Gasteiger partial charge in [0, 0.05) is 25.4 Å². The number of halogens is 6. The molecule has 2 rings (SSSR count). The minimum atomic E-state index is -4.53. The van der Waals surface area contributed by atoms with Gasteiger partial charge in [0.25, 0.3) is 0 Å². The number of amides is 1. The van der Waals surface area contributed by atoms with Gasteiger partial charge in [-0.15, -0.1) is 0 Å². The van der Waals surface area contributed by atoms with Crippen LogP contribution in [0.2, 0.25) is 5.02 Å². The molecule has 0 saturated heterocycles. The van der Waals surface area contributed by atoms with Crippen LogP contribution in [0.4, 0.5) is 27.6 Å². The van der Waals surface area contributed by atoms with Gasteiger partial charge in [-0.1, -0.05) is 25.4 Å². The number of nitrogens with one attached hydrogen (secondary N) is 2. The van der Waals surface area contributed by atoms with Crippen LogP contribution in [0, 0.1) is 5.92 Å². The van der Waals surface area contributed by atoms with E-state index in [0.717, 1.165) is 24.4 Å². The Hall–Kier alpha value is -2.36. The van der Waals surface area contributed by atoms with Gasteiger partial charge in [-0.25, -0.2) is 4.98 Å². The van der Waals surface area contributed by atoms with Crippen LogP contribution in [-0.4, -0.2) is 28.0 Å². The Balaban J connectivity index is 2.02. The first kappa shape index (κ1) is 22.9. The average molecular weight is 439 g/mol. The fraction of sp³-hybridized carbons (Fsp3) is 0.444. The van der Waals surface area contributed by atoms with E-state index in [1.807, 2.05) is 0 Å². The van der Waals surface area contributed by atoms with E-state index in [9.17, 15) is 26.7 Å². The van der Waals surface area contributed by atoms with Gasteiger partial charge >= 0.3 is 12.7 Å². The quantitative estimate of drug-likeness (QED) is 0.585. The van der Waals surface area contributed by atoms with Crippen molar-refractivity contribution in [3.63, 3.8) is 0 Å². The molecule has 0 aliphatic heterocycles. The molecule has 1 atom stereocenters. The summed E-state index contributed by atoms with van der Waals surface area (Å²) in [6, 6.07) is 2.02. The molecular formula is C18H20ClF5N4O. The highest BCUT2D eigenvalue weighted by Crippen LogP contribution is 2.34. The number of rotatable bonds is 8. The molecule has 2 aromatic rings. The maximum Gasteiger partial charge on any atom is 0.416 e. The number of imidazole rings is 1. The number of aromatic nitrogens is 2. The molecule has 11 heteroatoms. The van der Waals surface area contributed by atoms with Crippen molar-refractivity contribution >= 4 is 23.2 Å². The van der Waals surface area contributed by atoms with Gasteiger partial charge in [-0.3, -0.25) is 9.36 Å². The summed E-state index contributed by atoms with van der Waals surface area (Å²) in [6.07, 6.45) is -2.04. The molecule has 0 spiro atoms. The summed E-state index contributed by atoms with van der Waals surface area (Å²) in [4.78, 5) is 16.3. The van der Waals surface area contributed by atoms with Crippen molar-refractivity contribution in [1.82, 2.24) is 14.9 Å². The molecule has 0 aliphatic carbocycles. The third-order valence-corrected chi connectivity index (χ3v) is 4.48. The lowest BCUT2D eigenvalue weighted by atomic mass is 10.0. The summed E-state index contributed by atoms with van der Waals surface area (Å²) in [6.45, 7) is 0.834. The number of alkyl halides is 5. The Morgan fingerprint density at radius 2 is 1.97 bits per heavy atom. The molecule has 160 valence electrons. The smallest absolute Gasteiger partial charge is 0.372 e. The van der Waals surface area contributed by atoms with E-state index in [1.165, 1.54) is 6.20 Å². The number of anilines is 1. The SMILES string of the molecule is CC(C)[C@H](Nc1ccc(C(F)(F)F)cc1Cl)C(=O)NCCc1nccn1C(F)F. The van der Waals surface area contributed by atoms with Crippen molar-refractivity contribution in [1.29, 1.82) is 0 Å². The van der Waals surface area contributed by atoms with Gasteiger partial charge in [0.15, 0.2) is 0 Å². The predicted octanol–water partition coefficient (Wildman–Crippen LogP) is 4.75. The van der Waals surface area contributed by atoms with Crippen LogP contribution < -0.4 is 10.6 Å². The Kier molecular flexibility index (Phi) is 7.45. The second-order valence-electron chi connectivity index (χ2n) is 6.63. The molecule has 0 aliphatic rings. The van der Waals surface area contributed by atoms with Crippen molar-refractivity contribution in [2.24, 2.45) is 5.92 Å². The van der Waals surface area contributed by atoms with Crippen LogP contribution >= 0.6 is 11.6 Å². The first-order chi connectivity index (χ1) is 13.5. The van der Waals surface area contributed by atoms with Crippen molar-refractivity contribution < 1.29 is 26.7 Å². The van der Waals surface area contributed by atoms with Gasteiger partial charge in [-0.2, -0.15) is 22.0 Å². The largest absolute Gasteiger partial charge is 0.416 e. The molecule has 5 nitrogen and oxygen atoms in total. The van der Waals surface area contributed by atoms with E-state index in [-0.39, 0.29) is 35.4 Å². The maximum absolute atomic E-state index is 12.8. The number of hydrogen-bond acceptors (Lipinski definition) is 3. The summed E-state index contributed by atoms with van der Waals surface area (Å²) >= 11 is 5.93. The third kappa shape index (κ3) is 6.06. The van der Waals surface area contributed by atoms with Crippen molar-refractivity contribution in [2.45, 2.75) is 39.0 Å². The molecular weight excluding hydrogens is 419 g/mol. The average Bonchev–Trinajstić information content (AvgIpc) is 3.08. The maximum atomic E-state index is 12.8. The van der Waals surface area contributed by atoms with Gasteiger partial charge in [0.05, 0.1) is 16.3 Å². The minimum Gasteiger partial charge on any atom is -0.372 e. The molecule has 1 heterocycles. The lowest BCUT2D eigenvalue weighted by molar-refractivity contribution is -0.137. The standard InChI is InChI=1S/C18H20ClF5N4O/c1-10(2)15(27-13-4-3-11(9-12(13)19)18(22,23)24)16(29)26-6-5-14-25-7-8-28(14)17(20)21/h3-4,7-10,15,17,27H,5-6H2,1-2H3,(H,26,29)/t15-/m0/s1. The van der Waals surface area contributed by atoms with E-state index < -0.39 is 30.2 Å². The van der Waals surface area contributed by atoms with Crippen LogP contribution in [-0.2, 0) is 17.4 Å². The highest BCUT2D eigenvalue weighted by atomic mass is 35.5. The van der Waals surface area contributed by atoms with Gasteiger partial charge in [0.2, 0.25) is 5.91 Å². The Labute approximate surface area is 169 Å². The van der Waals surface area contributed by atoms with Crippen molar-refractivity contribution in [3.8, 4) is 0 Å². The van der Waals surface area contributed by atoms with E-state index >= 15 is 0 Å². The number of carbonyl (C=O) groups excluding carboxylic acids is 1. The minimum absolute atomic E-state index is 0.0637. The second kappa shape index (κ2) is 9.43. The lowest BCUT2D eigenvalue weighted by Crippen LogP contribution is -2.43. The zero-order chi connectivity index (χ0) is 21.8. The Bertz CT molecular complexity index is 838. The predicted molar refractivity (Wildman–Crippen MR) is 98.9 cm³/mol. The molecule has 0 unspecified atom stereocenters. The molecule has 1 aromatic heterocycles. The summed E-state index contributed by atoms with van der Waals surface area (Å²) in [5, 5.41) is 5.30. The fourth-order valence-electron chi connectivity index (χ4n) is 2.63. The zero-order valence-corrected chi connectivity index (χ0v) is 16.4. The number of carbonyl (C=O) groups is 1. The second-order valence-corrected chi connectivity index (χ2v) is 7.04. The van der Waals surface area contributed by atoms with Gasteiger partial charge in [-0.05, 0) is 24.1 Å². The van der Waals surface area contributed by atoms with E-state index in [1.54, 1.807) is 13.8 Å². The summed E-state index contributed by atoms with van der Waals surface area (Å²) in [7, 11) is 0. The molecule has 2 N–H and O–H groups in total. The van der Waals surface area contributed by atoms with E-state index in [2.05, 4.69) is 15.6 Å². The summed E-state index contributed by atoms with van der Waals surface area (Å²) in [5.74, 6) is -0.539. The molecule has 0 radical (unpaired) electrons. The van der Waals surface area contributed by atoms with Crippen LogP contribution in [0.1, 0.15) is 31.8 Å². The van der Waals surface area contributed by atoms with Crippen molar-refractivity contribution in [2.75, 3.05) is 11.9 Å². The fourth-order valence-corrected chi connectivity index (χ4v) is 2.87. The highest BCUT2D eigenvalue weighted by molar-refractivity contribution is 6.33. The van der Waals surface area contributed by atoms with Crippen LogP contribution in [0.3, 0.4) is 0 Å². The molecule has 0 bridgehead atoms. The van der Waals surface area contributed by atoms with Gasteiger partial charge < -0.3 is 10.6 Å². The van der Waals surface area contributed by atoms with E-state index in [0.29, 0.717) is 4.57 Å². The lowest BCUT2D eigenvalue weighted by Gasteiger charge is -2.23. The molecule has 29 heavy (non-hydrogen) atoms. The van der Waals surface area contributed by atoms with Crippen LogP contribution in [0.5, 0.6) is 0 Å². The first-order valence-electron chi connectivity index (χ1n) is 8.71. The van der Waals surface area contributed by atoms with Gasteiger partial charge in [0.1, 0.15) is 11.9 Å². The normalized spacial score (nSPS) is 13.0. The monoisotopic (exact) mass is 438 g/mol. The number of hydrogen-bond donors (Lipinski definition) is 2.